The van der Waals surface area contributed by atoms with Crippen LogP contribution in [-0.2, 0) is 9.59 Å². The van der Waals surface area contributed by atoms with Gasteiger partial charge in [-0.2, -0.15) is 0 Å². The molecule has 6 heteroatoms. The number of alkyl halides is 1. The van der Waals surface area contributed by atoms with Crippen LogP contribution in [0.15, 0.2) is 0 Å². The number of likely N-dealkylation sites (tertiary alicyclic amines) is 2. The zero-order valence-electron chi connectivity index (χ0n) is 12.1. The Balaban J connectivity index is 1.57. The number of hydrogen-bond donors (Lipinski definition) is 0. The molecule has 0 bridgehead atoms. The maximum atomic E-state index is 13.8. The molecular weight excluding hydrogens is 261 g/mol. The van der Waals surface area contributed by atoms with E-state index < -0.39 is 5.67 Å². The van der Waals surface area contributed by atoms with E-state index in [1.165, 1.54) is 0 Å². The highest BCUT2D eigenvalue weighted by molar-refractivity contribution is 5.90. The predicted molar refractivity (Wildman–Crippen MR) is 71.8 cm³/mol. The van der Waals surface area contributed by atoms with Gasteiger partial charge in [0.1, 0.15) is 0 Å². The third-order valence-corrected chi connectivity index (χ3v) is 4.70. The van der Waals surface area contributed by atoms with Crippen LogP contribution >= 0.6 is 0 Å². The van der Waals surface area contributed by atoms with E-state index in [1.807, 2.05) is 19.0 Å². The second-order valence-electron chi connectivity index (χ2n) is 6.63. The summed E-state index contributed by atoms with van der Waals surface area (Å²) in [5.74, 6) is -0.171. The van der Waals surface area contributed by atoms with E-state index in [0.717, 1.165) is 13.1 Å². The SMILES string of the molecule is CN(C)CCN1CC2CN(C(=O)C3(F)CC3)CC2C1=O. The first kappa shape index (κ1) is 13.8. The number of fused-ring (bicyclic) bond motifs is 1. The van der Waals surface area contributed by atoms with Gasteiger partial charge in [-0.05, 0) is 26.9 Å². The van der Waals surface area contributed by atoms with E-state index >= 15 is 0 Å². The van der Waals surface area contributed by atoms with Crippen LogP contribution in [-0.4, -0.2) is 79.0 Å². The average molecular weight is 283 g/mol. The van der Waals surface area contributed by atoms with Crippen molar-refractivity contribution in [1.29, 1.82) is 0 Å². The Morgan fingerprint density at radius 1 is 1.35 bits per heavy atom. The van der Waals surface area contributed by atoms with Gasteiger partial charge in [0.25, 0.3) is 5.91 Å². The molecule has 2 unspecified atom stereocenters. The Hall–Kier alpha value is -1.17. The molecule has 0 aromatic carbocycles. The summed E-state index contributed by atoms with van der Waals surface area (Å²) in [6, 6.07) is 0. The molecule has 3 aliphatic rings. The number of nitrogens with zero attached hydrogens (tertiary/aromatic N) is 3. The molecule has 0 aromatic heterocycles. The fraction of sp³-hybridized carbons (Fsp3) is 0.857. The molecule has 2 saturated heterocycles. The summed E-state index contributed by atoms with van der Waals surface area (Å²) in [7, 11) is 3.97. The number of hydrogen-bond acceptors (Lipinski definition) is 3. The largest absolute Gasteiger partial charge is 0.341 e. The Labute approximate surface area is 118 Å². The van der Waals surface area contributed by atoms with Gasteiger partial charge in [0, 0.05) is 38.6 Å². The number of amides is 2. The third kappa shape index (κ3) is 2.30. The van der Waals surface area contributed by atoms with Crippen molar-refractivity contribution in [3.63, 3.8) is 0 Å². The van der Waals surface area contributed by atoms with E-state index in [-0.39, 0.29) is 23.7 Å². The summed E-state index contributed by atoms with van der Waals surface area (Å²) in [6.07, 6.45) is 0.696. The van der Waals surface area contributed by atoms with Crippen LogP contribution in [0, 0.1) is 11.8 Å². The lowest BCUT2D eigenvalue weighted by atomic mass is 10.0. The van der Waals surface area contributed by atoms with Crippen molar-refractivity contribution in [1.82, 2.24) is 14.7 Å². The van der Waals surface area contributed by atoms with Gasteiger partial charge in [-0.1, -0.05) is 0 Å². The number of likely N-dealkylation sites (N-methyl/N-ethyl adjacent to an activating group) is 1. The van der Waals surface area contributed by atoms with Crippen LogP contribution in [0.5, 0.6) is 0 Å². The van der Waals surface area contributed by atoms with Gasteiger partial charge in [-0.25, -0.2) is 4.39 Å². The lowest BCUT2D eigenvalue weighted by Gasteiger charge is -2.23. The highest BCUT2D eigenvalue weighted by Crippen LogP contribution is 2.43. The van der Waals surface area contributed by atoms with Crippen LogP contribution in [0.2, 0.25) is 0 Å². The minimum absolute atomic E-state index is 0.108. The van der Waals surface area contributed by atoms with Crippen molar-refractivity contribution < 1.29 is 14.0 Å². The van der Waals surface area contributed by atoms with Gasteiger partial charge in [-0.15, -0.1) is 0 Å². The fourth-order valence-electron chi connectivity index (χ4n) is 3.24. The lowest BCUT2D eigenvalue weighted by Crippen LogP contribution is -2.41. The van der Waals surface area contributed by atoms with Crippen LogP contribution in [0.1, 0.15) is 12.8 Å². The molecule has 0 radical (unpaired) electrons. The van der Waals surface area contributed by atoms with Crippen molar-refractivity contribution in [2.24, 2.45) is 11.8 Å². The summed E-state index contributed by atoms with van der Waals surface area (Å²) in [5, 5.41) is 0. The highest BCUT2D eigenvalue weighted by atomic mass is 19.1. The van der Waals surface area contributed by atoms with Crippen molar-refractivity contribution in [2.45, 2.75) is 18.5 Å². The van der Waals surface area contributed by atoms with Crippen molar-refractivity contribution in [2.75, 3.05) is 46.8 Å². The second kappa shape index (κ2) is 4.69. The first-order valence-electron chi connectivity index (χ1n) is 7.32. The Bertz CT molecular complexity index is 436. The summed E-state index contributed by atoms with van der Waals surface area (Å²) >= 11 is 0. The molecule has 3 rings (SSSR count). The molecule has 112 valence electrons. The molecule has 1 saturated carbocycles. The normalized spacial score (nSPS) is 31.1. The molecule has 0 aromatic rings. The van der Waals surface area contributed by atoms with Gasteiger partial charge < -0.3 is 14.7 Å². The lowest BCUT2D eigenvalue weighted by molar-refractivity contribution is -0.138. The van der Waals surface area contributed by atoms with Crippen LogP contribution in [0.25, 0.3) is 0 Å². The van der Waals surface area contributed by atoms with Gasteiger partial charge in [0.05, 0.1) is 5.92 Å². The summed E-state index contributed by atoms with van der Waals surface area (Å²) in [5.41, 5.74) is -1.60. The van der Waals surface area contributed by atoms with E-state index in [1.54, 1.807) is 4.90 Å². The minimum atomic E-state index is -1.60. The first-order chi connectivity index (χ1) is 9.40. The summed E-state index contributed by atoms with van der Waals surface area (Å²) < 4.78 is 13.8. The fourth-order valence-corrected chi connectivity index (χ4v) is 3.24. The monoisotopic (exact) mass is 283 g/mol. The van der Waals surface area contributed by atoms with E-state index in [0.29, 0.717) is 32.5 Å². The third-order valence-electron chi connectivity index (χ3n) is 4.70. The van der Waals surface area contributed by atoms with Crippen molar-refractivity contribution in [3.05, 3.63) is 0 Å². The highest BCUT2D eigenvalue weighted by Gasteiger charge is 2.56. The maximum Gasteiger partial charge on any atom is 0.260 e. The van der Waals surface area contributed by atoms with Crippen LogP contribution in [0.3, 0.4) is 0 Å². The van der Waals surface area contributed by atoms with Gasteiger partial charge in [-0.3, -0.25) is 9.59 Å². The Kier molecular flexibility index (Phi) is 3.23. The summed E-state index contributed by atoms with van der Waals surface area (Å²) in [6.45, 7) is 3.24. The van der Waals surface area contributed by atoms with Crippen molar-refractivity contribution >= 4 is 11.8 Å². The molecule has 0 N–H and O–H groups in total. The Morgan fingerprint density at radius 3 is 2.60 bits per heavy atom. The van der Waals surface area contributed by atoms with Gasteiger partial charge in [0.2, 0.25) is 5.91 Å². The molecular formula is C14H22FN3O2. The minimum Gasteiger partial charge on any atom is -0.341 e. The number of carbonyl (C=O) groups is 2. The average Bonchev–Trinajstić information content (AvgIpc) is 2.91. The van der Waals surface area contributed by atoms with E-state index in [2.05, 4.69) is 4.90 Å². The maximum absolute atomic E-state index is 13.8. The smallest absolute Gasteiger partial charge is 0.260 e. The molecule has 0 spiro atoms. The van der Waals surface area contributed by atoms with Crippen LogP contribution in [0.4, 0.5) is 4.39 Å². The van der Waals surface area contributed by atoms with Crippen molar-refractivity contribution in [3.8, 4) is 0 Å². The van der Waals surface area contributed by atoms with Gasteiger partial charge >= 0.3 is 0 Å². The Morgan fingerprint density at radius 2 is 2.05 bits per heavy atom. The zero-order valence-corrected chi connectivity index (χ0v) is 12.1. The molecule has 2 aliphatic heterocycles. The zero-order chi connectivity index (χ0) is 14.5. The predicted octanol–water partition coefficient (Wildman–Crippen LogP) is -0.0331. The number of halogens is 1. The molecule has 3 fully saturated rings. The topological polar surface area (TPSA) is 43.9 Å². The molecule has 20 heavy (non-hydrogen) atoms. The number of carbonyl (C=O) groups excluding carboxylic acids is 2. The first-order valence-corrected chi connectivity index (χ1v) is 7.32. The molecule has 1 aliphatic carbocycles. The van der Waals surface area contributed by atoms with Crippen LogP contribution < -0.4 is 0 Å². The second-order valence-corrected chi connectivity index (χ2v) is 6.63. The van der Waals surface area contributed by atoms with E-state index in [4.69, 9.17) is 0 Å². The standard InChI is InChI=1S/C14H22FN3O2/c1-16(2)5-6-17-7-10-8-18(9-11(10)12(17)19)13(20)14(15)3-4-14/h10-11H,3-9H2,1-2H3. The van der Waals surface area contributed by atoms with Gasteiger partial charge in [0.15, 0.2) is 5.67 Å². The quantitative estimate of drug-likeness (QED) is 0.727. The molecule has 2 heterocycles. The van der Waals surface area contributed by atoms with E-state index in [9.17, 15) is 14.0 Å². The number of rotatable bonds is 4. The molecule has 5 nitrogen and oxygen atoms in total. The molecule has 2 atom stereocenters. The molecule has 2 amide bonds. The summed E-state index contributed by atoms with van der Waals surface area (Å²) in [4.78, 5) is 29.8.